The van der Waals surface area contributed by atoms with E-state index < -0.39 is 6.10 Å². The molecule has 4 bridgehead atoms. The second-order valence-electron chi connectivity index (χ2n) is 11.4. The lowest BCUT2D eigenvalue weighted by molar-refractivity contribution is -0.0597. The van der Waals surface area contributed by atoms with E-state index in [2.05, 4.69) is 11.9 Å². The van der Waals surface area contributed by atoms with Crippen molar-refractivity contribution in [2.45, 2.75) is 70.3 Å². The van der Waals surface area contributed by atoms with Crippen molar-refractivity contribution in [3.05, 3.63) is 72.3 Å². The summed E-state index contributed by atoms with van der Waals surface area (Å²) in [6, 6.07) is 15.0. The number of nitrogens with one attached hydrogen (secondary N) is 1. The maximum absolute atomic E-state index is 13.0. The fourth-order valence-corrected chi connectivity index (χ4v) is 7.52. The highest BCUT2D eigenvalue weighted by atomic mass is 16.5. The minimum absolute atomic E-state index is 0.207. The monoisotopic (exact) mass is 473 g/mol. The third-order valence-corrected chi connectivity index (χ3v) is 8.60. The van der Waals surface area contributed by atoms with Gasteiger partial charge >= 0.3 is 0 Å². The zero-order chi connectivity index (χ0) is 24.3. The van der Waals surface area contributed by atoms with Gasteiger partial charge in [0.05, 0.1) is 11.7 Å². The number of para-hydroxylation sites is 2. The Hall–Kier alpha value is -2.59. The lowest BCUT2D eigenvalue weighted by Crippen LogP contribution is -2.46. The Morgan fingerprint density at radius 1 is 1.06 bits per heavy atom. The minimum atomic E-state index is -0.520. The number of aliphatic hydroxyl groups excluding tert-OH is 1. The van der Waals surface area contributed by atoms with Crippen LogP contribution in [0.1, 0.15) is 73.7 Å². The van der Waals surface area contributed by atoms with Gasteiger partial charge in [0.2, 0.25) is 0 Å². The van der Waals surface area contributed by atoms with Crippen molar-refractivity contribution in [1.29, 1.82) is 0 Å². The van der Waals surface area contributed by atoms with Gasteiger partial charge in [-0.2, -0.15) is 0 Å². The molecule has 4 fully saturated rings. The van der Waals surface area contributed by atoms with Crippen LogP contribution in [0.5, 0.6) is 5.75 Å². The molecule has 0 heterocycles. The minimum Gasteiger partial charge on any atom is -0.490 e. The van der Waals surface area contributed by atoms with Crippen molar-refractivity contribution in [1.82, 2.24) is 0 Å². The summed E-state index contributed by atoms with van der Waals surface area (Å²) >= 11 is 0. The fourth-order valence-electron chi connectivity index (χ4n) is 7.52. The van der Waals surface area contributed by atoms with Gasteiger partial charge in [0, 0.05) is 5.69 Å². The number of rotatable bonds is 11. The van der Waals surface area contributed by atoms with Crippen molar-refractivity contribution < 1.29 is 14.6 Å². The van der Waals surface area contributed by atoms with Crippen molar-refractivity contribution in [3.8, 4) is 5.75 Å². The Morgan fingerprint density at radius 3 is 2.43 bits per heavy atom. The molecular formula is C31H39NO3. The maximum Gasteiger partial charge on any atom is 0.259 e. The Labute approximate surface area is 209 Å². The number of hydrogen-bond donors (Lipinski definition) is 2. The topological polar surface area (TPSA) is 58.6 Å². The van der Waals surface area contributed by atoms with Gasteiger partial charge in [-0.15, -0.1) is 6.58 Å². The van der Waals surface area contributed by atoms with Crippen LogP contribution in [0.25, 0.3) is 0 Å². The standard InChI is InChI=1S/C31H39NO3/c1-2-8-25-9-3-5-12-28(25)32-30(34)27-11-4-6-13-29(27)35-21-26(33)10-7-14-31-18-22-15-23(19-31)17-24(16-22)20-31/h2-6,9,11-13,22-24,26,33H,1,7-8,10,14-21H2,(H,32,34). The average molecular weight is 474 g/mol. The number of amides is 1. The molecule has 35 heavy (non-hydrogen) atoms. The van der Waals surface area contributed by atoms with Crippen molar-refractivity contribution in [2.24, 2.45) is 23.2 Å². The van der Waals surface area contributed by atoms with Gasteiger partial charge in [0.1, 0.15) is 12.4 Å². The summed E-state index contributed by atoms with van der Waals surface area (Å²) in [5, 5.41) is 13.7. The highest BCUT2D eigenvalue weighted by Crippen LogP contribution is 2.61. The number of carbonyl (C=O) groups excluding carboxylic acids is 1. The van der Waals surface area contributed by atoms with E-state index in [1.54, 1.807) is 12.1 Å². The molecule has 4 nitrogen and oxygen atoms in total. The molecule has 0 aliphatic heterocycles. The second kappa shape index (κ2) is 10.6. The van der Waals surface area contributed by atoms with Crippen molar-refractivity contribution in [3.63, 3.8) is 0 Å². The van der Waals surface area contributed by atoms with Gasteiger partial charge in [-0.25, -0.2) is 0 Å². The third-order valence-electron chi connectivity index (χ3n) is 8.60. The van der Waals surface area contributed by atoms with E-state index in [-0.39, 0.29) is 12.5 Å². The first kappa shape index (κ1) is 24.1. The summed E-state index contributed by atoms with van der Waals surface area (Å²) in [7, 11) is 0. The smallest absolute Gasteiger partial charge is 0.259 e. The number of benzene rings is 2. The van der Waals surface area contributed by atoms with Crippen molar-refractivity contribution >= 4 is 11.6 Å². The molecule has 2 N–H and O–H groups in total. The first-order valence-corrected chi connectivity index (χ1v) is 13.4. The molecule has 0 spiro atoms. The molecule has 4 aliphatic rings. The molecule has 2 aromatic carbocycles. The summed E-state index contributed by atoms with van der Waals surface area (Å²) in [6.45, 7) is 4.01. The van der Waals surface area contributed by atoms with Crippen LogP contribution in [0.4, 0.5) is 5.69 Å². The lowest BCUT2D eigenvalue weighted by atomic mass is 9.48. The van der Waals surface area contributed by atoms with Crippen molar-refractivity contribution in [2.75, 3.05) is 11.9 Å². The van der Waals surface area contributed by atoms with Gasteiger partial charge in [-0.1, -0.05) is 42.8 Å². The molecule has 1 unspecified atom stereocenters. The molecule has 6 rings (SSSR count). The molecule has 1 amide bonds. The summed E-state index contributed by atoms with van der Waals surface area (Å²) < 4.78 is 5.95. The average Bonchev–Trinajstić information content (AvgIpc) is 2.83. The van der Waals surface area contributed by atoms with Crippen LogP contribution in [-0.2, 0) is 6.42 Å². The lowest BCUT2D eigenvalue weighted by Gasteiger charge is -2.57. The number of carbonyl (C=O) groups is 1. The van der Waals surface area contributed by atoms with Gasteiger partial charge in [0.25, 0.3) is 5.91 Å². The molecule has 0 saturated heterocycles. The van der Waals surface area contributed by atoms with Crippen LogP contribution < -0.4 is 10.1 Å². The molecule has 1 atom stereocenters. The first-order chi connectivity index (χ1) is 17.0. The van der Waals surface area contributed by atoms with E-state index >= 15 is 0 Å². The maximum atomic E-state index is 13.0. The Bertz CT molecular complexity index is 1010. The van der Waals surface area contributed by atoms with Gasteiger partial charge in [0.15, 0.2) is 0 Å². The molecule has 0 aromatic heterocycles. The largest absolute Gasteiger partial charge is 0.490 e. The molecule has 0 radical (unpaired) electrons. The molecule has 2 aromatic rings. The van der Waals surface area contributed by atoms with Gasteiger partial charge in [-0.05, 0) is 105 Å². The van der Waals surface area contributed by atoms with Crippen LogP contribution in [0.3, 0.4) is 0 Å². The van der Waals surface area contributed by atoms with Crippen LogP contribution in [0, 0.1) is 23.2 Å². The SMILES string of the molecule is C=CCc1ccccc1NC(=O)c1ccccc1OCC(O)CCCC12CC3CC(CC(C3)C1)C2. The number of aliphatic hydroxyl groups is 1. The van der Waals surface area contributed by atoms with Gasteiger partial charge < -0.3 is 15.2 Å². The van der Waals surface area contributed by atoms with Crippen LogP contribution in [-0.4, -0.2) is 23.7 Å². The quantitative estimate of drug-likeness (QED) is 0.353. The van der Waals surface area contributed by atoms with E-state index in [0.29, 0.717) is 23.1 Å². The number of allylic oxidation sites excluding steroid dienone is 1. The fraction of sp³-hybridized carbons (Fsp3) is 0.516. The van der Waals surface area contributed by atoms with Gasteiger partial charge in [-0.3, -0.25) is 4.79 Å². The zero-order valence-corrected chi connectivity index (χ0v) is 20.8. The van der Waals surface area contributed by atoms with Crippen LogP contribution in [0.2, 0.25) is 0 Å². The zero-order valence-electron chi connectivity index (χ0n) is 20.8. The summed E-state index contributed by atoms with van der Waals surface area (Å²) in [6.07, 6.45) is 13.7. The number of ether oxygens (including phenoxy) is 1. The number of anilines is 1. The van der Waals surface area contributed by atoms with E-state index in [1.807, 2.05) is 42.5 Å². The Morgan fingerprint density at radius 2 is 1.71 bits per heavy atom. The molecule has 4 saturated carbocycles. The highest BCUT2D eigenvalue weighted by Gasteiger charge is 2.50. The third kappa shape index (κ3) is 5.64. The molecule has 4 heteroatoms. The molecule has 186 valence electrons. The predicted molar refractivity (Wildman–Crippen MR) is 141 cm³/mol. The first-order valence-electron chi connectivity index (χ1n) is 13.4. The van der Waals surface area contributed by atoms with Crippen LogP contribution in [0.15, 0.2) is 61.2 Å². The van der Waals surface area contributed by atoms with Crippen LogP contribution >= 0.6 is 0 Å². The van der Waals surface area contributed by atoms with E-state index in [4.69, 9.17) is 4.74 Å². The summed E-state index contributed by atoms with van der Waals surface area (Å²) in [4.78, 5) is 13.0. The Balaban J connectivity index is 1.13. The summed E-state index contributed by atoms with van der Waals surface area (Å²) in [5.74, 6) is 3.21. The van der Waals surface area contributed by atoms with E-state index in [9.17, 15) is 9.90 Å². The summed E-state index contributed by atoms with van der Waals surface area (Å²) in [5.41, 5.74) is 2.82. The van der Waals surface area contributed by atoms with E-state index in [1.165, 1.54) is 44.9 Å². The van der Waals surface area contributed by atoms with E-state index in [0.717, 1.165) is 41.8 Å². The Kier molecular flexibility index (Phi) is 7.29. The highest BCUT2D eigenvalue weighted by molar-refractivity contribution is 6.06. The normalized spacial score (nSPS) is 27.4. The molecule has 4 aliphatic carbocycles. The molecular weight excluding hydrogens is 434 g/mol. The second-order valence-corrected chi connectivity index (χ2v) is 11.4. The number of hydrogen-bond acceptors (Lipinski definition) is 3. The predicted octanol–water partition coefficient (Wildman–Crippen LogP) is 6.79.